The van der Waals surface area contributed by atoms with Crippen molar-refractivity contribution >= 4 is 21.8 Å². The van der Waals surface area contributed by atoms with E-state index in [4.69, 9.17) is 10.2 Å². The van der Waals surface area contributed by atoms with E-state index in [-0.39, 0.29) is 32.3 Å². The van der Waals surface area contributed by atoms with Crippen LogP contribution in [0.25, 0.3) is 66.8 Å². The molecule has 0 aliphatic carbocycles. The van der Waals surface area contributed by atoms with Crippen LogP contribution in [0.2, 0.25) is 0 Å². The molecule has 8 aromatic rings. The molecular formula is C44H38IrN5O2-. The fraction of sp³-hybridized carbons (Fsp3) is 0.114. The molecule has 7 nitrogen and oxygen atoms in total. The second kappa shape index (κ2) is 18.7. The predicted octanol–water partition coefficient (Wildman–Crippen LogP) is 9.26. The summed E-state index contributed by atoms with van der Waals surface area (Å²) in [5, 5.41) is 19.4. The molecule has 0 saturated heterocycles. The van der Waals surface area contributed by atoms with Crippen molar-refractivity contribution in [2.24, 2.45) is 0 Å². The summed E-state index contributed by atoms with van der Waals surface area (Å²) < 4.78 is 0. The molecule has 0 saturated carbocycles. The molecule has 0 spiro atoms. The van der Waals surface area contributed by atoms with E-state index in [1.54, 1.807) is 13.8 Å². The SMILES string of the molecule is CC(O)CC(C)O.[Ir].[c-]1ccccc1-c1ncnc(-c2ccccc2)n1.c1ccc(-c2ccnc3c2ccc2c(-c4ccccc4)ccnc23)cc1. The quantitative estimate of drug-likeness (QED) is 0.127. The summed E-state index contributed by atoms with van der Waals surface area (Å²) in [6.07, 6.45) is 5.01. The van der Waals surface area contributed by atoms with Gasteiger partial charge in [0.2, 0.25) is 0 Å². The average Bonchev–Trinajstić information content (AvgIpc) is 3.19. The Morgan fingerprint density at radius 1 is 0.519 bits per heavy atom. The number of nitrogens with zero attached hydrogens (tertiary/aromatic N) is 5. The van der Waals surface area contributed by atoms with Crippen LogP contribution < -0.4 is 0 Å². The molecule has 5 aromatic carbocycles. The predicted molar refractivity (Wildman–Crippen MR) is 205 cm³/mol. The molecule has 2 unspecified atom stereocenters. The summed E-state index contributed by atoms with van der Waals surface area (Å²) in [7, 11) is 0. The van der Waals surface area contributed by atoms with Crippen molar-refractivity contribution in [3.63, 3.8) is 0 Å². The Balaban J connectivity index is 0.000000175. The number of benzene rings is 5. The number of aliphatic hydroxyl groups excluding tert-OH is 2. The summed E-state index contributed by atoms with van der Waals surface area (Å²) in [6.45, 7) is 3.32. The van der Waals surface area contributed by atoms with E-state index < -0.39 is 0 Å². The first-order chi connectivity index (χ1) is 25.0. The molecule has 8 rings (SSSR count). The van der Waals surface area contributed by atoms with Crippen LogP contribution in [0.4, 0.5) is 0 Å². The van der Waals surface area contributed by atoms with E-state index in [1.807, 2.05) is 79.1 Å². The Kier molecular flexibility index (Phi) is 13.5. The van der Waals surface area contributed by atoms with Crippen LogP contribution in [0.5, 0.6) is 0 Å². The van der Waals surface area contributed by atoms with E-state index in [0.29, 0.717) is 18.1 Å². The summed E-state index contributed by atoms with van der Waals surface area (Å²) in [4.78, 5) is 22.2. The Morgan fingerprint density at radius 2 is 0.981 bits per heavy atom. The third-order valence-corrected chi connectivity index (χ3v) is 8.03. The van der Waals surface area contributed by atoms with Gasteiger partial charge in [-0.15, -0.1) is 35.9 Å². The number of fused-ring (bicyclic) bond motifs is 3. The summed E-state index contributed by atoms with van der Waals surface area (Å²) in [6, 6.07) is 50.0. The number of aliphatic hydroxyl groups is 2. The summed E-state index contributed by atoms with van der Waals surface area (Å²) in [5.74, 6) is 1.32. The van der Waals surface area contributed by atoms with Crippen molar-refractivity contribution in [2.75, 3.05) is 0 Å². The van der Waals surface area contributed by atoms with Crippen LogP contribution in [0.1, 0.15) is 20.3 Å². The first-order valence-corrected chi connectivity index (χ1v) is 16.8. The second-order valence-corrected chi connectivity index (χ2v) is 12.0. The Labute approximate surface area is 317 Å². The van der Waals surface area contributed by atoms with Crippen molar-refractivity contribution < 1.29 is 30.3 Å². The van der Waals surface area contributed by atoms with Gasteiger partial charge in [-0.25, -0.2) is 4.98 Å². The van der Waals surface area contributed by atoms with Crippen molar-refractivity contribution in [2.45, 2.75) is 32.5 Å². The first-order valence-electron chi connectivity index (χ1n) is 16.8. The minimum Gasteiger partial charge on any atom is -0.393 e. The molecule has 0 aliphatic rings. The maximum atomic E-state index is 8.56. The topological polar surface area (TPSA) is 105 Å². The van der Waals surface area contributed by atoms with E-state index in [9.17, 15) is 0 Å². The Hall–Kier alpha value is -5.50. The van der Waals surface area contributed by atoms with Gasteiger partial charge in [0.05, 0.1) is 29.1 Å². The summed E-state index contributed by atoms with van der Waals surface area (Å²) in [5.41, 5.74) is 8.50. The number of pyridine rings is 2. The van der Waals surface area contributed by atoms with Gasteiger partial charge in [0.1, 0.15) is 6.33 Å². The largest absolute Gasteiger partial charge is 0.393 e. The Bertz CT molecular complexity index is 2130. The van der Waals surface area contributed by atoms with Crippen LogP contribution in [0.3, 0.4) is 0 Å². The third-order valence-electron chi connectivity index (χ3n) is 8.03. The van der Waals surface area contributed by atoms with Crippen LogP contribution in [0.15, 0.2) is 158 Å². The van der Waals surface area contributed by atoms with Crippen LogP contribution >= 0.6 is 0 Å². The average molecular weight is 861 g/mol. The molecule has 0 bridgehead atoms. The number of aromatic nitrogens is 5. The van der Waals surface area contributed by atoms with Crippen LogP contribution in [0, 0.1) is 6.07 Å². The maximum absolute atomic E-state index is 8.56. The van der Waals surface area contributed by atoms with Crippen molar-refractivity contribution in [1.29, 1.82) is 0 Å². The molecule has 3 aromatic heterocycles. The first kappa shape index (κ1) is 37.7. The van der Waals surface area contributed by atoms with Gasteiger partial charge in [-0.05, 0) is 54.7 Å². The molecule has 52 heavy (non-hydrogen) atoms. The zero-order valence-electron chi connectivity index (χ0n) is 28.8. The van der Waals surface area contributed by atoms with Gasteiger partial charge in [0.25, 0.3) is 0 Å². The van der Waals surface area contributed by atoms with E-state index in [2.05, 4.69) is 104 Å². The molecule has 2 N–H and O–H groups in total. The van der Waals surface area contributed by atoms with E-state index >= 15 is 0 Å². The van der Waals surface area contributed by atoms with Gasteiger partial charge < -0.3 is 10.2 Å². The zero-order valence-corrected chi connectivity index (χ0v) is 31.2. The normalized spacial score (nSPS) is 11.6. The molecule has 0 aliphatic heterocycles. The number of rotatable bonds is 6. The molecule has 261 valence electrons. The summed E-state index contributed by atoms with van der Waals surface area (Å²) >= 11 is 0. The molecule has 8 heteroatoms. The second-order valence-electron chi connectivity index (χ2n) is 12.0. The van der Waals surface area contributed by atoms with Gasteiger partial charge >= 0.3 is 0 Å². The monoisotopic (exact) mass is 861 g/mol. The fourth-order valence-electron chi connectivity index (χ4n) is 5.75. The number of hydrogen-bond donors (Lipinski definition) is 2. The molecule has 0 fully saturated rings. The zero-order chi connectivity index (χ0) is 35.4. The standard InChI is InChI=1S/C24H16N2.C15H10N3.C5H12O2.Ir/c1-3-7-17(8-4-1)19-13-15-25-23-21(19)11-12-22-20(14-16-26-24(22)23)18-9-5-2-6-10-18;1-3-7-12(8-4-1)14-16-11-17-15(18-14)13-9-5-2-6-10-13;1-4(6)3-5(2)7;/h1-16H;1-9,11H;4-7H,3H2,1-2H3;/q;-1;;. The Morgan fingerprint density at radius 3 is 1.42 bits per heavy atom. The van der Waals surface area contributed by atoms with E-state index in [1.165, 1.54) is 28.6 Å². The minimum absolute atomic E-state index is 0. The number of hydrogen-bond acceptors (Lipinski definition) is 7. The van der Waals surface area contributed by atoms with Crippen LogP contribution in [-0.4, -0.2) is 47.3 Å². The van der Waals surface area contributed by atoms with Crippen molar-refractivity contribution in [3.8, 4) is 45.0 Å². The molecule has 0 amide bonds. The van der Waals surface area contributed by atoms with Gasteiger partial charge in [-0.3, -0.25) is 19.9 Å². The maximum Gasteiger partial charge on any atom is 0.153 e. The van der Waals surface area contributed by atoms with Gasteiger partial charge in [-0.2, -0.15) is 0 Å². The van der Waals surface area contributed by atoms with Gasteiger partial charge in [-0.1, -0.05) is 103 Å². The van der Waals surface area contributed by atoms with E-state index in [0.717, 1.165) is 32.9 Å². The minimum atomic E-state index is -0.375. The fourth-order valence-corrected chi connectivity index (χ4v) is 5.75. The van der Waals surface area contributed by atoms with Crippen molar-refractivity contribution in [1.82, 2.24) is 24.9 Å². The van der Waals surface area contributed by atoms with Gasteiger partial charge in [0, 0.05) is 48.8 Å². The molecule has 1 radical (unpaired) electrons. The van der Waals surface area contributed by atoms with Crippen molar-refractivity contribution in [3.05, 3.63) is 164 Å². The van der Waals surface area contributed by atoms with Gasteiger partial charge in [0.15, 0.2) is 5.82 Å². The third kappa shape index (κ3) is 9.63. The molecular weight excluding hydrogens is 823 g/mol. The van der Waals surface area contributed by atoms with Crippen LogP contribution in [-0.2, 0) is 20.1 Å². The smallest absolute Gasteiger partial charge is 0.153 e. The molecule has 2 atom stereocenters. The molecule has 3 heterocycles.